The van der Waals surface area contributed by atoms with Crippen LogP contribution in [0.4, 0.5) is 0 Å². The number of aliphatic hydroxyl groups is 1. The topological polar surface area (TPSA) is 59.4 Å². The predicted molar refractivity (Wildman–Crippen MR) is 223 cm³/mol. The van der Waals surface area contributed by atoms with Gasteiger partial charge in [0.25, 0.3) is 0 Å². The van der Waals surface area contributed by atoms with Gasteiger partial charge in [-0.15, -0.1) is 29.1 Å². The van der Waals surface area contributed by atoms with Crippen LogP contribution in [-0.4, -0.2) is 30.1 Å². The molecule has 0 saturated heterocycles. The standard InChI is InChI=1S/C34H36NOSi.C13H24O2.Ir/c1-21(2)28-17-25(16-22-10-8-9-11-27(22)28)33-32-24(14-15-35-33)18-29(34(32,3)4)31-19-23-12-13-26(37(5,6)7)20-30(23)36-31;1-5-10(6-2)12(14)9-13(15)11(7-3)8-4;/h8-15,17-18,20-21,31H,19H2,1-7H3;9-11,14H,5-8H2,1-4H3;/q-1;;/b;12-9-;. The van der Waals surface area contributed by atoms with Crippen molar-refractivity contribution in [3.63, 3.8) is 0 Å². The zero-order chi connectivity index (χ0) is 38.0. The van der Waals surface area contributed by atoms with Gasteiger partial charge in [-0.3, -0.25) is 9.78 Å². The van der Waals surface area contributed by atoms with E-state index in [4.69, 9.17) is 9.72 Å². The van der Waals surface area contributed by atoms with Crippen LogP contribution in [0.25, 0.3) is 28.1 Å². The summed E-state index contributed by atoms with van der Waals surface area (Å²) in [5.41, 5.74) is 8.48. The van der Waals surface area contributed by atoms with Crippen molar-refractivity contribution < 1.29 is 34.7 Å². The first-order valence-electron chi connectivity index (χ1n) is 19.6. The fourth-order valence-electron chi connectivity index (χ4n) is 7.96. The van der Waals surface area contributed by atoms with Crippen LogP contribution in [0.2, 0.25) is 19.6 Å². The van der Waals surface area contributed by atoms with Crippen molar-refractivity contribution in [1.29, 1.82) is 0 Å². The largest absolute Gasteiger partial charge is 0.512 e. The van der Waals surface area contributed by atoms with E-state index in [0.29, 0.717) is 5.92 Å². The average molecular weight is 907 g/mol. The zero-order valence-corrected chi connectivity index (χ0v) is 37.2. The number of fused-ring (bicyclic) bond motifs is 3. The molecule has 1 unspecified atom stereocenters. The molecule has 53 heavy (non-hydrogen) atoms. The van der Waals surface area contributed by atoms with E-state index in [1.54, 1.807) is 0 Å². The Kier molecular flexibility index (Phi) is 14.0. The number of aliphatic hydroxyl groups excluding tert-OH is 1. The summed E-state index contributed by atoms with van der Waals surface area (Å²) >= 11 is 0. The van der Waals surface area contributed by atoms with E-state index in [1.165, 1.54) is 44.5 Å². The Morgan fingerprint density at radius 3 is 2.26 bits per heavy atom. The number of aromatic nitrogens is 1. The smallest absolute Gasteiger partial charge is 0.162 e. The number of hydrogen-bond donors (Lipinski definition) is 1. The van der Waals surface area contributed by atoms with E-state index in [0.717, 1.165) is 54.5 Å². The van der Waals surface area contributed by atoms with Gasteiger partial charge in [0.1, 0.15) is 11.9 Å². The first kappa shape index (κ1) is 42.4. The molecular formula is C47H60IrNO3Si-. The van der Waals surface area contributed by atoms with Gasteiger partial charge < -0.3 is 9.84 Å². The minimum atomic E-state index is -1.39. The third-order valence-electron chi connectivity index (χ3n) is 11.4. The Morgan fingerprint density at radius 1 is 0.981 bits per heavy atom. The number of benzene rings is 3. The van der Waals surface area contributed by atoms with Crippen LogP contribution in [0, 0.1) is 17.9 Å². The summed E-state index contributed by atoms with van der Waals surface area (Å²) < 4.78 is 6.67. The van der Waals surface area contributed by atoms with Crippen LogP contribution in [0.3, 0.4) is 0 Å². The van der Waals surface area contributed by atoms with Crippen molar-refractivity contribution in [3.05, 3.63) is 107 Å². The van der Waals surface area contributed by atoms with Crippen molar-refractivity contribution in [1.82, 2.24) is 4.98 Å². The summed E-state index contributed by atoms with van der Waals surface area (Å²) in [7, 11) is -1.39. The third-order valence-corrected chi connectivity index (χ3v) is 13.4. The second-order valence-corrected chi connectivity index (χ2v) is 21.6. The van der Waals surface area contributed by atoms with Gasteiger partial charge in [0.05, 0.1) is 13.8 Å². The van der Waals surface area contributed by atoms with Crippen LogP contribution >= 0.6 is 0 Å². The van der Waals surface area contributed by atoms with Gasteiger partial charge in [-0.1, -0.05) is 128 Å². The van der Waals surface area contributed by atoms with E-state index in [9.17, 15) is 9.90 Å². The first-order chi connectivity index (χ1) is 24.6. The fourth-order valence-corrected chi connectivity index (χ4v) is 9.10. The summed E-state index contributed by atoms with van der Waals surface area (Å²) in [6.45, 7) is 24.4. The minimum absolute atomic E-state index is 0. The molecule has 4 nitrogen and oxygen atoms in total. The number of carbonyl (C=O) groups is 1. The zero-order valence-electron chi connectivity index (χ0n) is 33.8. The van der Waals surface area contributed by atoms with Gasteiger partial charge in [-0.25, -0.2) is 0 Å². The summed E-state index contributed by atoms with van der Waals surface area (Å²) in [5.74, 6) is 2.04. The van der Waals surface area contributed by atoms with Gasteiger partial charge in [0.15, 0.2) is 5.78 Å². The van der Waals surface area contributed by atoms with Crippen molar-refractivity contribution in [3.8, 4) is 17.0 Å². The molecule has 0 saturated carbocycles. The molecular weight excluding hydrogens is 847 g/mol. The predicted octanol–water partition coefficient (Wildman–Crippen LogP) is 11.9. The maximum atomic E-state index is 11.7. The molecule has 6 heteroatoms. The molecule has 4 aromatic rings. The summed E-state index contributed by atoms with van der Waals surface area (Å²) in [4.78, 5) is 16.7. The Hall–Kier alpha value is -3.31. The number of ether oxygens (including phenoxy) is 1. The molecule has 1 aliphatic heterocycles. The Morgan fingerprint density at radius 2 is 1.64 bits per heavy atom. The molecule has 6 rings (SSSR count). The van der Waals surface area contributed by atoms with Crippen molar-refractivity contribution in [2.24, 2.45) is 11.8 Å². The second-order valence-electron chi connectivity index (χ2n) is 16.6. The molecule has 0 amide bonds. The van der Waals surface area contributed by atoms with Crippen molar-refractivity contribution in [2.75, 3.05) is 0 Å². The van der Waals surface area contributed by atoms with E-state index in [1.807, 2.05) is 33.9 Å². The van der Waals surface area contributed by atoms with Crippen molar-refractivity contribution >= 4 is 35.9 Å². The third kappa shape index (κ3) is 8.98. The fraction of sp³-hybridized carbons (Fsp3) is 0.447. The van der Waals surface area contributed by atoms with Gasteiger partial charge in [-0.05, 0) is 66.0 Å². The van der Waals surface area contributed by atoms with Crippen LogP contribution < -0.4 is 9.92 Å². The van der Waals surface area contributed by atoms with E-state index >= 15 is 0 Å². The molecule has 285 valence electrons. The number of hydrogen-bond acceptors (Lipinski definition) is 4. The monoisotopic (exact) mass is 907 g/mol. The number of rotatable bonds is 11. The summed E-state index contributed by atoms with van der Waals surface area (Å²) in [5, 5.41) is 13.6. The number of carbonyl (C=O) groups excluding carboxylic acids is 1. The molecule has 1 radical (unpaired) electrons. The molecule has 2 heterocycles. The molecule has 1 atom stereocenters. The quantitative estimate of drug-likeness (QED) is 0.0705. The number of pyridine rings is 1. The van der Waals surface area contributed by atoms with Gasteiger partial charge >= 0.3 is 0 Å². The van der Waals surface area contributed by atoms with E-state index in [-0.39, 0.29) is 55.0 Å². The number of allylic oxidation sites excluding steroid dienone is 2. The van der Waals surface area contributed by atoms with Gasteiger partial charge in [0.2, 0.25) is 0 Å². The molecule has 1 aromatic heterocycles. The molecule has 3 aromatic carbocycles. The molecule has 1 N–H and O–H groups in total. The SMILES string of the molecule is CC(C)c1cc(-c2nccc3c2C(C)(C)C(C2Cc4ccc([Si](C)(C)C)cc4O2)=C3)[c-]c2ccccc12.CCC(CC)C(=O)/C=C(\O)C(CC)CC.[Ir]. The van der Waals surface area contributed by atoms with Crippen LogP contribution in [-0.2, 0) is 36.7 Å². The molecule has 0 fully saturated rings. The van der Waals surface area contributed by atoms with Crippen LogP contribution in [0.15, 0.2) is 78.2 Å². The normalized spacial score (nSPS) is 16.2. The van der Waals surface area contributed by atoms with Gasteiger partial charge in [-0.2, -0.15) is 0 Å². The molecule has 0 bridgehead atoms. The van der Waals surface area contributed by atoms with Crippen molar-refractivity contribution in [2.45, 2.75) is 125 Å². The average Bonchev–Trinajstić information content (AvgIpc) is 3.65. The number of nitrogens with zero attached hydrogens (tertiary/aromatic N) is 1. The van der Waals surface area contributed by atoms with Crippen LogP contribution in [0.5, 0.6) is 5.75 Å². The Bertz CT molecular complexity index is 1980. The Labute approximate surface area is 333 Å². The first-order valence-corrected chi connectivity index (χ1v) is 23.1. The van der Waals surface area contributed by atoms with E-state index in [2.05, 4.69) is 114 Å². The van der Waals surface area contributed by atoms with Gasteiger partial charge in [0, 0.05) is 61.7 Å². The Balaban J connectivity index is 0.000000335. The maximum Gasteiger partial charge on any atom is 0.162 e. The summed E-state index contributed by atoms with van der Waals surface area (Å²) in [6.07, 6.45) is 10.2. The van der Waals surface area contributed by atoms with E-state index < -0.39 is 8.07 Å². The minimum Gasteiger partial charge on any atom is -0.512 e. The molecule has 0 spiro atoms. The summed E-state index contributed by atoms with van der Waals surface area (Å²) in [6, 6.07) is 23.7. The number of ketones is 1. The molecule has 2 aliphatic rings. The maximum absolute atomic E-state index is 11.7. The van der Waals surface area contributed by atoms with Crippen LogP contribution in [0.1, 0.15) is 109 Å². The molecule has 1 aliphatic carbocycles. The second kappa shape index (κ2) is 17.4.